The maximum Gasteiger partial charge on any atom is 0.0471 e. The van der Waals surface area contributed by atoms with E-state index in [4.69, 9.17) is 0 Å². The molecular weight excluding hydrogens is 200 g/mol. The molecule has 0 radical (unpaired) electrons. The summed E-state index contributed by atoms with van der Waals surface area (Å²) in [6.45, 7) is 5.52. The Balaban J connectivity index is 1.94. The van der Waals surface area contributed by atoms with Crippen LogP contribution >= 0.6 is 0 Å². The molecule has 2 heterocycles. The average Bonchev–Trinajstić information content (AvgIpc) is 2.29. The number of aliphatic hydroxyl groups is 1. The minimum atomic E-state index is 0.322. The van der Waals surface area contributed by atoms with Crippen LogP contribution in [0.4, 0.5) is 0 Å². The highest BCUT2D eigenvalue weighted by Gasteiger charge is 2.18. The highest BCUT2D eigenvalue weighted by atomic mass is 16.3. The Labute approximate surface area is 97.1 Å². The van der Waals surface area contributed by atoms with Gasteiger partial charge in [-0.1, -0.05) is 6.07 Å². The third-order valence-electron chi connectivity index (χ3n) is 3.20. The molecule has 0 saturated carbocycles. The Morgan fingerprint density at radius 2 is 2.38 bits per heavy atom. The van der Waals surface area contributed by atoms with Crippen LogP contribution in [0.25, 0.3) is 0 Å². The molecule has 0 aromatic carbocycles. The van der Waals surface area contributed by atoms with Crippen molar-refractivity contribution in [2.45, 2.75) is 26.3 Å². The molecule has 16 heavy (non-hydrogen) atoms. The van der Waals surface area contributed by atoms with Crippen molar-refractivity contribution in [1.29, 1.82) is 0 Å². The van der Waals surface area contributed by atoms with Crippen LogP contribution in [0.2, 0.25) is 0 Å². The summed E-state index contributed by atoms with van der Waals surface area (Å²) in [5.41, 5.74) is 2.49. The molecule has 1 atom stereocenters. The lowest BCUT2D eigenvalue weighted by Gasteiger charge is -2.31. The fourth-order valence-electron chi connectivity index (χ4n) is 2.41. The molecule has 1 unspecified atom stereocenters. The van der Waals surface area contributed by atoms with Gasteiger partial charge in [-0.25, -0.2) is 0 Å². The molecule has 0 aliphatic carbocycles. The van der Waals surface area contributed by atoms with Gasteiger partial charge in [0.2, 0.25) is 0 Å². The fourth-order valence-corrected chi connectivity index (χ4v) is 2.41. The molecule has 2 rings (SSSR count). The minimum Gasteiger partial charge on any atom is -0.396 e. The maximum atomic E-state index is 9.18. The number of hydrogen-bond acceptors (Lipinski definition) is 3. The van der Waals surface area contributed by atoms with Gasteiger partial charge in [0.15, 0.2) is 0 Å². The highest BCUT2D eigenvalue weighted by molar-refractivity contribution is 5.16. The van der Waals surface area contributed by atoms with Gasteiger partial charge in [0.1, 0.15) is 0 Å². The predicted molar refractivity (Wildman–Crippen MR) is 64.1 cm³/mol. The molecule has 0 amide bonds. The van der Waals surface area contributed by atoms with Crippen molar-refractivity contribution in [1.82, 2.24) is 9.88 Å². The van der Waals surface area contributed by atoms with Crippen molar-refractivity contribution in [3.63, 3.8) is 0 Å². The summed E-state index contributed by atoms with van der Waals surface area (Å²) >= 11 is 0. The summed E-state index contributed by atoms with van der Waals surface area (Å²) in [6, 6.07) is 2.19. The van der Waals surface area contributed by atoms with E-state index in [-0.39, 0.29) is 0 Å². The molecule has 1 aliphatic heterocycles. The summed E-state index contributed by atoms with van der Waals surface area (Å²) in [5, 5.41) is 9.18. The first-order chi connectivity index (χ1) is 7.78. The number of piperidine rings is 1. The first-order valence-electron chi connectivity index (χ1n) is 6.01. The smallest absolute Gasteiger partial charge is 0.0471 e. The molecule has 1 fully saturated rings. The Bertz CT molecular complexity index is 340. The Hall–Kier alpha value is -0.930. The second kappa shape index (κ2) is 5.41. The summed E-state index contributed by atoms with van der Waals surface area (Å²) < 4.78 is 0. The van der Waals surface area contributed by atoms with E-state index in [1.807, 2.05) is 12.4 Å². The van der Waals surface area contributed by atoms with Gasteiger partial charge in [-0.15, -0.1) is 0 Å². The molecule has 0 bridgehead atoms. The molecule has 3 nitrogen and oxygen atoms in total. The van der Waals surface area contributed by atoms with E-state index < -0.39 is 0 Å². The molecule has 1 N–H and O–H groups in total. The molecular formula is C13H20N2O. The van der Waals surface area contributed by atoms with Crippen LogP contribution in [-0.2, 0) is 6.54 Å². The summed E-state index contributed by atoms with van der Waals surface area (Å²) in [6.07, 6.45) is 6.19. The largest absolute Gasteiger partial charge is 0.396 e. The fraction of sp³-hybridized carbons (Fsp3) is 0.615. The third kappa shape index (κ3) is 3.03. The van der Waals surface area contributed by atoms with Crippen LogP contribution in [0, 0.1) is 12.8 Å². The molecule has 88 valence electrons. The average molecular weight is 220 g/mol. The van der Waals surface area contributed by atoms with E-state index in [1.54, 1.807) is 0 Å². The van der Waals surface area contributed by atoms with Crippen molar-refractivity contribution in [2.24, 2.45) is 5.92 Å². The van der Waals surface area contributed by atoms with E-state index in [0.29, 0.717) is 12.5 Å². The molecule has 1 aromatic rings. The van der Waals surface area contributed by atoms with Crippen molar-refractivity contribution in [3.05, 3.63) is 29.6 Å². The Morgan fingerprint density at radius 3 is 3.12 bits per heavy atom. The zero-order valence-electron chi connectivity index (χ0n) is 9.89. The van der Waals surface area contributed by atoms with Crippen LogP contribution < -0.4 is 0 Å². The first kappa shape index (κ1) is 11.6. The number of likely N-dealkylation sites (tertiary alicyclic amines) is 1. The van der Waals surface area contributed by atoms with Crippen LogP contribution in [0.5, 0.6) is 0 Å². The number of nitrogens with zero attached hydrogens (tertiary/aromatic N) is 2. The SMILES string of the molecule is Cc1cncc(CN2CCCC(CO)C2)c1. The monoisotopic (exact) mass is 220 g/mol. The van der Waals surface area contributed by atoms with Gasteiger partial charge in [-0.05, 0) is 43.4 Å². The molecule has 3 heteroatoms. The van der Waals surface area contributed by atoms with Gasteiger partial charge in [-0.2, -0.15) is 0 Å². The Morgan fingerprint density at radius 1 is 1.50 bits per heavy atom. The van der Waals surface area contributed by atoms with Crippen LogP contribution in [0.3, 0.4) is 0 Å². The zero-order valence-corrected chi connectivity index (χ0v) is 9.89. The third-order valence-corrected chi connectivity index (χ3v) is 3.20. The van der Waals surface area contributed by atoms with E-state index >= 15 is 0 Å². The normalized spacial score (nSPS) is 22.2. The number of hydrogen-bond donors (Lipinski definition) is 1. The second-order valence-corrected chi connectivity index (χ2v) is 4.80. The molecule has 1 saturated heterocycles. The lowest BCUT2D eigenvalue weighted by Crippen LogP contribution is -2.36. The summed E-state index contributed by atoms with van der Waals surface area (Å²) in [7, 11) is 0. The van der Waals surface area contributed by atoms with Gasteiger partial charge in [0.25, 0.3) is 0 Å². The lowest BCUT2D eigenvalue weighted by molar-refractivity contribution is 0.116. The number of rotatable bonds is 3. The topological polar surface area (TPSA) is 36.4 Å². The van der Waals surface area contributed by atoms with Gasteiger partial charge in [0.05, 0.1) is 0 Å². The summed E-state index contributed by atoms with van der Waals surface area (Å²) in [4.78, 5) is 6.63. The van der Waals surface area contributed by atoms with Crippen molar-refractivity contribution in [2.75, 3.05) is 19.7 Å². The van der Waals surface area contributed by atoms with Crippen molar-refractivity contribution < 1.29 is 5.11 Å². The molecule has 1 aromatic heterocycles. The van der Waals surface area contributed by atoms with E-state index in [0.717, 1.165) is 19.6 Å². The number of aromatic nitrogens is 1. The minimum absolute atomic E-state index is 0.322. The van der Waals surface area contributed by atoms with E-state index in [2.05, 4.69) is 22.9 Å². The zero-order chi connectivity index (χ0) is 11.4. The molecule has 0 spiro atoms. The Kier molecular flexibility index (Phi) is 3.91. The maximum absolute atomic E-state index is 9.18. The van der Waals surface area contributed by atoms with Crippen molar-refractivity contribution in [3.8, 4) is 0 Å². The highest BCUT2D eigenvalue weighted by Crippen LogP contribution is 2.17. The van der Waals surface area contributed by atoms with Gasteiger partial charge < -0.3 is 5.11 Å². The number of pyridine rings is 1. The number of aliphatic hydroxyl groups excluding tert-OH is 1. The second-order valence-electron chi connectivity index (χ2n) is 4.80. The van der Waals surface area contributed by atoms with E-state index in [1.165, 1.54) is 24.0 Å². The van der Waals surface area contributed by atoms with Crippen LogP contribution in [0.1, 0.15) is 24.0 Å². The standard InChI is InChI=1S/C13H20N2O/c1-11-5-13(7-14-6-11)9-15-4-2-3-12(8-15)10-16/h5-7,12,16H,2-4,8-10H2,1H3. The van der Waals surface area contributed by atoms with Gasteiger partial charge in [0, 0.05) is 32.1 Å². The summed E-state index contributed by atoms with van der Waals surface area (Å²) in [5.74, 6) is 0.464. The van der Waals surface area contributed by atoms with Crippen LogP contribution in [0.15, 0.2) is 18.5 Å². The van der Waals surface area contributed by atoms with Gasteiger partial charge >= 0.3 is 0 Å². The first-order valence-corrected chi connectivity index (χ1v) is 6.01. The quantitative estimate of drug-likeness (QED) is 0.840. The lowest BCUT2D eigenvalue weighted by atomic mass is 9.98. The predicted octanol–water partition coefficient (Wildman–Crippen LogP) is 1.59. The number of aryl methyl sites for hydroxylation is 1. The van der Waals surface area contributed by atoms with Gasteiger partial charge in [-0.3, -0.25) is 9.88 Å². The molecule has 1 aliphatic rings. The van der Waals surface area contributed by atoms with Crippen LogP contribution in [-0.4, -0.2) is 34.7 Å². The van der Waals surface area contributed by atoms with E-state index in [9.17, 15) is 5.11 Å². The van der Waals surface area contributed by atoms with Crippen molar-refractivity contribution >= 4 is 0 Å².